The van der Waals surface area contributed by atoms with E-state index in [0.29, 0.717) is 35.4 Å². The Morgan fingerprint density at radius 3 is 2.44 bits per heavy atom. The highest BCUT2D eigenvalue weighted by molar-refractivity contribution is 5.91. The Labute approximate surface area is 154 Å². The van der Waals surface area contributed by atoms with Crippen LogP contribution in [0.3, 0.4) is 0 Å². The van der Waals surface area contributed by atoms with Crippen molar-refractivity contribution >= 4 is 16.6 Å². The predicted octanol–water partition coefficient (Wildman–Crippen LogP) is 4.93. The minimum atomic E-state index is -4.38. The number of anilines is 1. The molecule has 0 fully saturated rings. The summed E-state index contributed by atoms with van der Waals surface area (Å²) in [5.74, 6) is 1.32. The van der Waals surface area contributed by atoms with Crippen LogP contribution in [-0.4, -0.2) is 25.7 Å². The molecule has 3 aromatic rings. The van der Waals surface area contributed by atoms with Gasteiger partial charge in [0.15, 0.2) is 11.5 Å². The maximum atomic E-state index is 12.9. The number of ether oxygens (including phenoxy) is 2. The molecule has 7 heteroatoms. The lowest BCUT2D eigenvalue weighted by atomic mass is 10.1. The first-order valence-corrected chi connectivity index (χ1v) is 8.33. The molecule has 0 unspecified atom stereocenters. The van der Waals surface area contributed by atoms with E-state index >= 15 is 0 Å². The second kappa shape index (κ2) is 7.73. The average molecular weight is 376 g/mol. The molecule has 3 rings (SSSR count). The summed E-state index contributed by atoms with van der Waals surface area (Å²) in [7, 11) is 3.16. The third kappa shape index (κ3) is 4.24. The number of benzene rings is 2. The monoisotopic (exact) mass is 376 g/mol. The van der Waals surface area contributed by atoms with Crippen molar-refractivity contribution in [3.8, 4) is 11.5 Å². The van der Waals surface area contributed by atoms with Gasteiger partial charge in [0, 0.05) is 23.8 Å². The van der Waals surface area contributed by atoms with Crippen molar-refractivity contribution in [2.75, 3.05) is 26.1 Å². The van der Waals surface area contributed by atoms with Gasteiger partial charge >= 0.3 is 6.18 Å². The Balaban J connectivity index is 1.74. The highest BCUT2D eigenvalue weighted by Gasteiger charge is 2.30. The molecule has 0 amide bonds. The summed E-state index contributed by atoms with van der Waals surface area (Å²) in [6, 6.07) is 11.0. The van der Waals surface area contributed by atoms with Crippen LogP contribution in [0.25, 0.3) is 10.9 Å². The first-order valence-electron chi connectivity index (χ1n) is 8.33. The molecule has 0 spiro atoms. The van der Waals surface area contributed by atoms with Crippen LogP contribution >= 0.6 is 0 Å². The number of fused-ring (bicyclic) bond motifs is 1. The van der Waals surface area contributed by atoms with Crippen molar-refractivity contribution in [2.45, 2.75) is 12.6 Å². The van der Waals surface area contributed by atoms with Crippen molar-refractivity contribution in [1.29, 1.82) is 0 Å². The molecule has 0 bridgehead atoms. The van der Waals surface area contributed by atoms with Crippen LogP contribution < -0.4 is 14.8 Å². The third-order valence-corrected chi connectivity index (χ3v) is 4.25. The number of nitrogens with zero attached hydrogens (tertiary/aromatic N) is 1. The maximum absolute atomic E-state index is 12.9. The first kappa shape index (κ1) is 18.8. The fourth-order valence-electron chi connectivity index (χ4n) is 2.86. The molecule has 0 saturated carbocycles. The molecule has 1 heterocycles. The van der Waals surface area contributed by atoms with Crippen molar-refractivity contribution < 1.29 is 22.6 Å². The van der Waals surface area contributed by atoms with Gasteiger partial charge in [-0.3, -0.25) is 4.98 Å². The van der Waals surface area contributed by atoms with Crippen molar-refractivity contribution in [3.63, 3.8) is 0 Å². The number of aromatic nitrogens is 1. The van der Waals surface area contributed by atoms with Gasteiger partial charge in [0.2, 0.25) is 0 Å². The summed E-state index contributed by atoms with van der Waals surface area (Å²) in [6.07, 6.45) is -2.17. The molecule has 4 nitrogen and oxygen atoms in total. The minimum absolute atomic E-state index is 0.306. The van der Waals surface area contributed by atoms with Crippen molar-refractivity contribution in [2.24, 2.45) is 0 Å². The van der Waals surface area contributed by atoms with Gasteiger partial charge in [-0.05, 0) is 42.3 Å². The van der Waals surface area contributed by atoms with Gasteiger partial charge in [0.05, 0.1) is 25.3 Å². The Morgan fingerprint density at radius 1 is 0.963 bits per heavy atom. The van der Waals surface area contributed by atoms with E-state index in [1.54, 1.807) is 20.3 Å². The lowest BCUT2D eigenvalue weighted by molar-refractivity contribution is -0.137. The largest absolute Gasteiger partial charge is 0.493 e. The molecule has 1 aromatic heterocycles. The number of rotatable bonds is 6. The Bertz CT molecular complexity index is 942. The zero-order chi connectivity index (χ0) is 19.4. The van der Waals surface area contributed by atoms with Crippen LogP contribution in [0.2, 0.25) is 0 Å². The van der Waals surface area contributed by atoms with Gasteiger partial charge in [0.1, 0.15) is 0 Å². The summed E-state index contributed by atoms with van der Waals surface area (Å²) < 4.78 is 49.1. The quantitative estimate of drug-likeness (QED) is 0.663. The third-order valence-electron chi connectivity index (χ3n) is 4.25. The molecule has 142 valence electrons. The smallest absolute Gasteiger partial charge is 0.416 e. The van der Waals surface area contributed by atoms with Crippen molar-refractivity contribution in [3.05, 3.63) is 59.8 Å². The van der Waals surface area contributed by atoms with Crippen LogP contribution in [0.15, 0.2) is 48.7 Å². The molecule has 0 atom stereocenters. The standard InChI is InChI=1S/C20H19F3N2O2/c1-26-18-6-3-13(11-19(18)27-2)7-9-24-16-8-10-25-17-12-14(20(21,22)23)4-5-15(16)17/h3-6,8,10-12H,7,9H2,1-2H3,(H,24,25). The van der Waals surface area contributed by atoms with E-state index in [9.17, 15) is 13.2 Å². The van der Waals surface area contributed by atoms with E-state index in [2.05, 4.69) is 10.3 Å². The van der Waals surface area contributed by atoms with Crippen LogP contribution in [0, 0.1) is 0 Å². The van der Waals surface area contributed by atoms with Crippen LogP contribution in [0.5, 0.6) is 11.5 Å². The molecule has 2 aromatic carbocycles. The van der Waals surface area contributed by atoms with Gasteiger partial charge in [-0.2, -0.15) is 13.2 Å². The van der Waals surface area contributed by atoms with Crippen molar-refractivity contribution in [1.82, 2.24) is 4.98 Å². The van der Waals surface area contributed by atoms with E-state index in [1.807, 2.05) is 18.2 Å². The second-order valence-corrected chi connectivity index (χ2v) is 5.95. The molecular weight excluding hydrogens is 357 g/mol. The number of alkyl halides is 3. The summed E-state index contributed by atoms with van der Waals surface area (Å²) >= 11 is 0. The molecular formula is C20H19F3N2O2. The van der Waals surface area contributed by atoms with Gasteiger partial charge in [-0.1, -0.05) is 12.1 Å². The van der Waals surface area contributed by atoms with Gasteiger partial charge in [0.25, 0.3) is 0 Å². The number of nitrogens with one attached hydrogen (secondary N) is 1. The fraction of sp³-hybridized carbons (Fsp3) is 0.250. The molecule has 0 aliphatic heterocycles. The summed E-state index contributed by atoms with van der Waals surface area (Å²) in [5.41, 5.74) is 1.40. The molecule has 0 saturated heterocycles. The number of methoxy groups -OCH3 is 2. The van der Waals surface area contributed by atoms with E-state index < -0.39 is 11.7 Å². The second-order valence-electron chi connectivity index (χ2n) is 5.95. The summed E-state index contributed by atoms with van der Waals surface area (Å²) in [4.78, 5) is 4.05. The summed E-state index contributed by atoms with van der Waals surface area (Å²) in [6.45, 7) is 0.607. The maximum Gasteiger partial charge on any atom is 0.416 e. The molecule has 0 aliphatic rings. The van der Waals surface area contributed by atoms with E-state index in [0.717, 1.165) is 23.4 Å². The lowest BCUT2D eigenvalue weighted by Crippen LogP contribution is -2.07. The molecule has 1 N–H and O–H groups in total. The average Bonchev–Trinajstić information content (AvgIpc) is 2.66. The van der Waals surface area contributed by atoms with E-state index in [4.69, 9.17) is 9.47 Å². The van der Waals surface area contributed by atoms with Crippen LogP contribution in [-0.2, 0) is 12.6 Å². The topological polar surface area (TPSA) is 43.4 Å². The summed E-state index contributed by atoms with van der Waals surface area (Å²) in [5, 5.41) is 3.92. The van der Waals surface area contributed by atoms with E-state index in [-0.39, 0.29) is 0 Å². The van der Waals surface area contributed by atoms with Gasteiger partial charge in [-0.25, -0.2) is 0 Å². The first-order chi connectivity index (χ1) is 12.9. The number of hydrogen-bond acceptors (Lipinski definition) is 4. The van der Waals surface area contributed by atoms with E-state index in [1.165, 1.54) is 12.3 Å². The van der Waals surface area contributed by atoms with Gasteiger partial charge < -0.3 is 14.8 Å². The zero-order valence-corrected chi connectivity index (χ0v) is 14.9. The fourth-order valence-corrected chi connectivity index (χ4v) is 2.86. The number of halogens is 3. The van der Waals surface area contributed by atoms with Crippen LogP contribution in [0.4, 0.5) is 18.9 Å². The minimum Gasteiger partial charge on any atom is -0.493 e. The number of hydrogen-bond donors (Lipinski definition) is 1. The van der Waals surface area contributed by atoms with Crippen LogP contribution in [0.1, 0.15) is 11.1 Å². The van der Waals surface area contributed by atoms with Gasteiger partial charge in [-0.15, -0.1) is 0 Å². The Hall–Kier alpha value is -2.96. The SMILES string of the molecule is COc1ccc(CCNc2ccnc3cc(C(F)(F)F)ccc23)cc1OC. The molecule has 0 radical (unpaired) electrons. The number of pyridine rings is 1. The Morgan fingerprint density at radius 2 is 1.74 bits per heavy atom. The normalized spacial score (nSPS) is 11.4. The lowest BCUT2D eigenvalue weighted by Gasteiger charge is -2.13. The highest BCUT2D eigenvalue weighted by atomic mass is 19.4. The Kier molecular flexibility index (Phi) is 5.39. The zero-order valence-electron chi connectivity index (χ0n) is 14.9. The predicted molar refractivity (Wildman–Crippen MR) is 98.5 cm³/mol. The molecule has 0 aliphatic carbocycles. The highest BCUT2D eigenvalue weighted by Crippen LogP contribution is 2.32. The molecule has 27 heavy (non-hydrogen) atoms.